The van der Waals surface area contributed by atoms with Crippen LogP contribution in [-0.4, -0.2) is 29.4 Å². The molecule has 2 N–H and O–H groups in total. The summed E-state index contributed by atoms with van der Waals surface area (Å²) >= 11 is 0. The van der Waals surface area contributed by atoms with E-state index in [4.69, 9.17) is 10.2 Å². The molecule has 0 aliphatic heterocycles. The van der Waals surface area contributed by atoms with Crippen LogP contribution < -0.4 is 5.73 Å². The normalized spacial score (nSPS) is 12.1. The van der Waals surface area contributed by atoms with Gasteiger partial charge in [-0.1, -0.05) is 0 Å². The van der Waals surface area contributed by atoms with Gasteiger partial charge in [-0.05, 0) is 18.2 Å². The Balaban J connectivity index is 1.98. The zero-order chi connectivity index (χ0) is 14.3. The third kappa shape index (κ3) is 2.37. The van der Waals surface area contributed by atoms with Gasteiger partial charge in [-0.15, -0.1) is 0 Å². The lowest BCUT2D eigenvalue weighted by atomic mass is 10.3. The third-order valence-electron chi connectivity index (χ3n) is 2.78. The second kappa shape index (κ2) is 4.34. The maximum atomic E-state index is 11.5. The quantitative estimate of drug-likeness (QED) is 0.774. The van der Waals surface area contributed by atoms with Gasteiger partial charge in [-0.2, -0.15) is 5.10 Å². The molecule has 0 unspecified atom stereocenters. The van der Waals surface area contributed by atoms with Crippen LogP contribution in [0.3, 0.4) is 0 Å². The van der Waals surface area contributed by atoms with E-state index in [0.717, 1.165) is 6.26 Å². The Bertz CT molecular complexity index is 879. The molecule has 0 saturated carbocycles. The van der Waals surface area contributed by atoms with Crippen molar-refractivity contribution in [2.24, 2.45) is 0 Å². The monoisotopic (exact) mass is 292 g/mol. The Morgan fingerprint density at radius 3 is 2.85 bits per heavy atom. The summed E-state index contributed by atoms with van der Waals surface area (Å²) in [5, 5.41) is 4.03. The van der Waals surface area contributed by atoms with Gasteiger partial charge in [-0.25, -0.2) is 13.4 Å². The number of aromatic nitrogens is 3. The lowest BCUT2D eigenvalue weighted by Gasteiger charge is -1.95. The number of hydrogen-bond donors (Lipinski definition) is 1. The molecule has 2 aromatic heterocycles. The van der Waals surface area contributed by atoms with Crippen LogP contribution in [0.5, 0.6) is 0 Å². The van der Waals surface area contributed by atoms with E-state index in [-0.39, 0.29) is 4.90 Å². The van der Waals surface area contributed by atoms with E-state index < -0.39 is 9.84 Å². The first-order valence-electron chi connectivity index (χ1n) is 5.79. The van der Waals surface area contributed by atoms with Gasteiger partial charge in [0.05, 0.1) is 16.8 Å². The van der Waals surface area contributed by atoms with Crippen molar-refractivity contribution >= 4 is 26.6 Å². The van der Waals surface area contributed by atoms with Crippen LogP contribution >= 0.6 is 0 Å². The van der Waals surface area contributed by atoms with Gasteiger partial charge in [-0.3, -0.25) is 4.68 Å². The highest BCUT2D eigenvalue weighted by Crippen LogP contribution is 2.20. The van der Waals surface area contributed by atoms with Gasteiger partial charge < -0.3 is 10.2 Å². The molecule has 0 aliphatic rings. The molecule has 0 aliphatic carbocycles. The highest BCUT2D eigenvalue weighted by atomic mass is 32.2. The topological polar surface area (TPSA) is 104 Å². The number of rotatable bonds is 3. The van der Waals surface area contributed by atoms with E-state index in [2.05, 4.69) is 10.1 Å². The fourth-order valence-electron chi connectivity index (χ4n) is 1.86. The van der Waals surface area contributed by atoms with Gasteiger partial charge in [0.1, 0.15) is 12.1 Å². The molecule has 0 radical (unpaired) electrons. The van der Waals surface area contributed by atoms with E-state index in [1.165, 1.54) is 18.3 Å². The van der Waals surface area contributed by atoms with Crippen molar-refractivity contribution in [1.29, 1.82) is 0 Å². The maximum Gasteiger partial charge on any atom is 0.217 e. The van der Waals surface area contributed by atoms with Crippen molar-refractivity contribution in [2.45, 2.75) is 11.4 Å². The molecule has 0 saturated heterocycles. The van der Waals surface area contributed by atoms with E-state index >= 15 is 0 Å². The molecule has 3 aromatic rings. The SMILES string of the molecule is CS(=O)(=O)c1ccc2oc(Cn3cc(N)cn3)nc2c1. The van der Waals surface area contributed by atoms with Crippen LogP contribution in [0, 0.1) is 0 Å². The standard InChI is InChI=1S/C12H12N4O3S/c1-20(17,18)9-2-3-11-10(4-9)15-12(19-11)7-16-6-8(13)5-14-16/h2-6H,7,13H2,1H3. The number of sulfone groups is 1. The number of nitrogens with zero attached hydrogens (tertiary/aromatic N) is 3. The first-order chi connectivity index (χ1) is 9.41. The fraction of sp³-hybridized carbons (Fsp3) is 0.167. The zero-order valence-corrected chi connectivity index (χ0v) is 11.5. The molecule has 0 spiro atoms. The summed E-state index contributed by atoms with van der Waals surface area (Å²) in [6.45, 7) is 0.333. The Labute approximate surface area is 114 Å². The Hall–Kier alpha value is -2.35. The average Bonchev–Trinajstić information content (AvgIpc) is 2.93. The summed E-state index contributed by atoms with van der Waals surface area (Å²) in [4.78, 5) is 4.47. The predicted molar refractivity (Wildman–Crippen MR) is 72.9 cm³/mol. The summed E-state index contributed by atoms with van der Waals surface area (Å²) in [6.07, 6.45) is 4.35. The van der Waals surface area contributed by atoms with Crippen LogP contribution in [-0.2, 0) is 16.4 Å². The molecule has 20 heavy (non-hydrogen) atoms. The van der Waals surface area contributed by atoms with E-state index in [1.54, 1.807) is 16.9 Å². The molecular weight excluding hydrogens is 280 g/mol. The molecule has 0 atom stereocenters. The van der Waals surface area contributed by atoms with Crippen LogP contribution in [0.4, 0.5) is 5.69 Å². The van der Waals surface area contributed by atoms with Crippen molar-refractivity contribution < 1.29 is 12.8 Å². The highest BCUT2D eigenvalue weighted by Gasteiger charge is 2.12. The fourth-order valence-corrected chi connectivity index (χ4v) is 2.50. The summed E-state index contributed by atoms with van der Waals surface area (Å²) in [7, 11) is -3.26. The van der Waals surface area contributed by atoms with Crippen molar-refractivity contribution in [2.75, 3.05) is 12.0 Å². The minimum atomic E-state index is -3.26. The largest absolute Gasteiger partial charge is 0.439 e. The lowest BCUT2D eigenvalue weighted by Crippen LogP contribution is -1.99. The summed E-state index contributed by atoms with van der Waals surface area (Å²) in [5.74, 6) is 0.439. The van der Waals surface area contributed by atoms with E-state index in [1.807, 2.05) is 0 Å². The van der Waals surface area contributed by atoms with Gasteiger partial charge in [0.15, 0.2) is 15.4 Å². The van der Waals surface area contributed by atoms with Crippen molar-refractivity contribution in [1.82, 2.24) is 14.8 Å². The molecule has 0 amide bonds. The second-order valence-corrected chi connectivity index (χ2v) is 6.50. The number of benzene rings is 1. The molecule has 0 bridgehead atoms. The maximum absolute atomic E-state index is 11.5. The smallest absolute Gasteiger partial charge is 0.217 e. The number of hydrogen-bond acceptors (Lipinski definition) is 6. The minimum Gasteiger partial charge on any atom is -0.439 e. The van der Waals surface area contributed by atoms with Crippen molar-refractivity contribution in [3.05, 3.63) is 36.5 Å². The molecule has 1 aromatic carbocycles. The van der Waals surface area contributed by atoms with Crippen LogP contribution in [0.1, 0.15) is 5.89 Å². The molecule has 3 rings (SSSR count). The molecular formula is C12H12N4O3S. The minimum absolute atomic E-state index is 0.216. The number of nitrogen functional groups attached to an aromatic ring is 1. The van der Waals surface area contributed by atoms with Gasteiger partial charge in [0, 0.05) is 12.5 Å². The number of anilines is 1. The molecule has 2 heterocycles. The van der Waals surface area contributed by atoms with E-state index in [0.29, 0.717) is 29.2 Å². The summed E-state index contributed by atoms with van der Waals surface area (Å²) in [5.41, 5.74) is 7.17. The van der Waals surface area contributed by atoms with Crippen LogP contribution in [0.2, 0.25) is 0 Å². The number of nitrogens with two attached hydrogens (primary N) is 1. The van der Waals surface area contributed by atoms with Crippen molar-refractivity contribution in [3.8, 4) is 0 Å². The first kappa shape index (κ1) is 12.7. The number of fused-ring (bicyclic) bond motifs is 1. The molecule has 104 valence electrons. The second-order valence-electron chi connectivity index (χ2n) is 4.48. The van der Waals surface area contributed by atoms with Gasteiger partial charge in [0.2, 0.25) is 5.89 Å². The predicted octanol–water partition coefficient (Wildman–Crippen LogP) is 1.06. The zero-order valence-electron chi connectivity index (χ0n) is 10.6. The van der Waals surface area contributed by atoms with Crippen LogP contribution in [0.15, 0.2) is 39.9 Å². The van der Waals surface area contributed by atoms with Gasteiger partial charge in [0.25, 0.3) is 0 Å². The van der Waals surface area contributed by atoms with E-state index in [9.17, 15) is 8.42 Å². The van der Waals surface area contributed by atoms with Crippen LogP contribution in [0.25, 0.3) is 11.1 Å². The van der Waals surface area contributed by atoms with Gasteiger partial charge >= 0.3 is 0 Å². The lowest BCUT2D eigenvalue weighted by molar-refractivity contribution is 0.491. The molecule has 8 heteroatoms. The average molecular weight is 292 g/mol. The first-order valence-corrected chi connectivity index (χ1v) is 7.68. The Morgan fingerprint density at radius 1 is 1.40 bits per heavy atom. The third-order valence-corrected chi connectivity index (χ3v) is 3.89. The Kier molecular flexibility index (Phi) is 2.75. The van der Waals surface area contributed by atoms with Crippen molar-refractivity contribution in [3.63, 3.8) is 0 Å². The summed E-state index contributed by atoms with van der Waals surface area (Å²) in [6, 6.07) is 4.59. The molecule has 7 nitrogen and oxygen atoms in total. The Morgan fingerprint density at radius 2 is 2.20 bits per heavy atom. The molecule has 0 fully saturated rings. The number of oxazole rings is 1. The highest BCUT2D eigenvalue weighted by molar-refractivity contribution is 7.90. The summed E-state index contributed by atoms with van der Waals surface area (Å²) < 4.78 is 30.1.